The van der Waals surface area contributed by atoms with Gasteiger partial charge in [-0.3, -0.25) is 0 Å². The standard InChI is InChI=1S/C15H18F3NO2/c1-14(6-2-3-7-14)9-19-10-4-5-12(15(16,17)18)11(8-10)13(20)21/h4-5,8,19H,2-3,6-7,9H2,1H3,(H,20,21). The van der Waals surface area contributed by atoms with E-state index in [1.165, 1.54) is 6.07 Å². The fourth-order valence-corrected chi connectivity index (χ4v) is 2.80. The number of nitrogens with one attached hydrogen (secondary N) is 1. The molecular weight excluding hydrogens is 283 g/mol. The van der Waals surface area contributed by atoms with Crippen LogP contribution in [-0.4, -0.2) is 17.6 Å². The summed E-state index contributed by atoms with van der Waals surface area (Å²) >= 11 is 0. The molecule has 1 aromatic carbocycles. The predicted molar refractivity (Wildman–Crippen MR) is 73.5 cm³/mol. The molecule has 0 bridgehead atoms. The average molecular weight is 301 g/mol. The van der Waals surface area contributed by atoms with E-state index < -0.39 is 23.3 Å². The van der Waals surface area contributed by atoms with Gasteiger partial charge in [0.2, 0.25) is 0 Å². The maximum Gasteiger partial charge on any atom is 0.417 e. The topological polar surface area (TPSA) is 49.3 Å². The molecule has 2 N–H and O–H groups in total. The molecule has 1 aromatic rings. The maximum absolute atomic E-state index is 12.7. The van der Waals surface area contributed by atoms with Crippen molar-refractivity contribution in [2.24, 2.45) is 5.41 Å². The molecule has 116 valence electrons. The Morgan fingerprint density at radius 2 is 1.95 bits per heavy atom. The van der Waals surface area contributed by atoms with Gasteiger partial charge in [-0.2, -0.15) is 13.2 Å². The van der Waals surface area contributed by atoms with E-state index in [1.807, 2.05) is 0 Å². The van der Waals surface area contributed by atoms with Crippen LogP contribution in [0, 0.1) is 5.41 Å². The van der Waals surface area contributed by atoms with Gasteiger partial charge in [0.1, 0.15) is 0 Å². The normalized spacial score (nSPS) is 17.7. The first-order chi connectivity index (χ1) is 9.71. The van der Waals surface area contributed by atoms with Gasteiger partial charge in [0.25, 0.3) is 0 Å². The number of hydrogen-bond donors (Lipinski definition) is 2. The molecule has 0 heterocycles. The molecule has 2 rings (SSSR count). The lowest BCUT2D eigenvalue weighted by Gasteiger charge is -2.24. The zero-order valence-electron chi connectivity index (χ0n) is 11.8. The first-order valence-corrected chi connectivity index (χ1v) is 6.90. The third-order valence-electron chi connectivity index (χ3n) is 4.09. The van der Waals surface area contributed by atoms with Gasteiger partial charge < -0.3 is 10.4 Å². The summed E-state index contributed by atoms with van der Waals surface area (Å²) in [5.41, 5.74) is -1.29. The molecular formula is C15H18F3NO2. The van der Waals surface area contributed by atoms with Crippen molar-refractivity contribution in [3.05, 3.63) is 29.3 Å². The van der Waals surface area contributed by atoms with Gasteiger partial charge in [0.05, 0.1) is 11.1 Å². The minimum Gasteiger partial charge on any atom is -0.478 e. The van der Waals surface area contributed by atoms with Gasteiger partial charge in [-0.15, -0.1) is 0 Å². The zero-order chi connectivity index (χ0) is 15.7. The van der Waals surface area contributed by atoms with Gasteiger partial charge in [-0.05, 0) is 36.5 Å². The van der Waals surface area contributed by atoms with Crippen molar-refractivity contribution in [2.75, 3.05) is 11.9 Å². The Hall–Kier alpha value is -1.72. The van der Waals surface area contributed by atoms with Crippen molar-refractivity contribution in [1.29, 1.82) is 0 Å². The number of carbonyl (C=O) groups is 1. The average Bonchev–Trinajstić information content (AvgIpc) is 2.82. The Labute approximate surface area is 121 Å². The quantitative estimate of drug-likeness (QED) is 0.866. The van der Waals surface area contributed by atoms with E-state index in [9.17, 15) is 18.0 Å². The number of benzene rings is 1. The van der Waals surface area contributed by atoms with Crippen molar-refractivity contribution in [2.45, 2.75) is 38.8 Å². The molecule has 1 aliphatic carbocycles. The highest BCUT2D eigenvalue weighted by atomic mass is 19.4. The molecule has 1 saturated carbocycles. The summed E-state index contributed by atoms with van der Waals surface area (Å²) < 4.78 is 38.2. The number of halogens is 3. The Morgan fingerprint density at radius 1 is 1.33 bits per heavy atom. The maximum atomic E-state index is 12.7. The molecule has 21 heavy (non-hydrogen) atoms. The molecule has 0 amide bonds. The molecule has 1 aliphatic rings. The summed E-state index contributed by atoms with van der Waals surface area (Å²) in [7, 11) is 0. The Morgan fingerprint density at radius 3 is 2.48 bits per heavy atom. The largest absolute Gasteiger partial charge is 0.478 e. The lowest BCUT2D eigenvalue weighted by molar-refractivity contribution is -0.138. The van der Waals surface area contributed by atoms with Gasteiger partial charge in [-0.25, -0.2) is 4.79 Å². The minimum absolute atomic E-state index is 0.131. The second-order valence-corrected chi connectivity index (χ2v) is 5.93. The van der Waals surface area contributed by atoms with Crippen LogP contribution in [0.1, 0.15) is 48.5 Å². The number of carboxylic acid groups (broad SMARTS) is 1. The van der Waals surface area contributed by atoms with Crippen molar-refractivity contribution >= 4 is 11.7 Å². The predicted octanol–water partition coefficient (Wildman–Crippen LogP) is 4.40. The van der Waals surface area contributed by atoms with Crippen LogP contribution in [0.5, 0.6) is 0 Å². The monoisotopic (exact) mass is 301 g/mol. The molecule has 0 unspecified atom stereocenters. The molecule has 0 radical (unpaired) electrons. The zero-order valence-corrected chi connectivity index (χ0v) is 11.8. The first-order valence-electron chi connectivity index (χ1n) is 6.90. The van der Waals surface area contributed by atoms with Crippen LogP contribution in [0.2, 0.25) is 0 Å². The minimum atomic E-state index is -4.66. The van der Waals surface area contributed by atoms with Crippen LogP contribution < -0.4 is 5.32 Å². The highest BCUT2D eigenvalue weighted by Gasteiger charge is 2.35. The Balaban J connectivity index is 2.18. The first kappa shape index (κ1) is 15.7. The molecule has 6 heteroatoms. The number of rotatable bonds is 4. The van der Waals surface area contributed by atoms with Crippen LogP contribution in [0.25, 0.3) is 0 Å². The second-order valence-electron chi connectivity index (χ2n) is 5.93. The highest BCUT2D eigenvalue weighted by Crippen LogP contribution is 2.38. The molecule has 3 nitrogen and oxygen atoms in total. The third-order valence-corrected chi connectivity index (χ3v) is 4.09. The number of alkyl halides is 3. The summed E-state index contributed by atoms with van der Waals surface area (Å²) in [4.78, 5) is 11.0. The lowest BCUT2D eigenvalue weighted by atomic mass is 9.89. The Bertz CT molecular complexity index is 534. The molecule has 0 aliphatic heterocycles. The number of aromatic carboxylic acids is 1. The summed E-state index contributed by atoms with van der Waals surface area (Å²) in [6, 6.07) is 3.17. The lowest BCUT2D eigenvalue weighted by Crippen LogP contribution is -2.23. The van der Waals surface area contributed by atoms with Crippen molar-refractivity contribution in [3.63, 3.8) is 0 Å². The molecule has 0 atom stereocenters. The van der Waals surface area contributed by atoms with E-state index >= 15 is 0 Å². The van der Waals surface area contributed by atoms with Crippen molar-refractivity contribution in [1.82, 2.24) is 0 Å². The van der Waals surface area contributed by atoms with Crippen LogP contribution in [-0.2, 0) is 6.18 Å². The van der Waals surface area contributed by atoms with Crippen LogP contribution in [0.3, 0.4) is 0 Å². The van der Waals surface area contributed by atoms with E-state index in [1.54, 1.807) is 0 Å². The summed E-state index contributed by atoms with van der Waals surface area (Å²) in [6.45, 7) is 2.77. The SMILES string of the molecule is CC1(CNc2ccc(C(F)(F)F)c(C(=O)O)c2)CCCC1. The Kier molecular flexibility index (Phi) is 4.16. The molecule has 0 saturated heterocycles. The fraction of sp³-hybridized carbons (Fsp3) is 0.533. The van der Waals surface area contributed by atoms with E-state index in [4.69, 9.17) is 5.11 Å². The van der Waals surface area contributed by atoms with Gasteiger partial charge in [0, 0.05) is 12.2 Å². The van der Waals surface area contributed by atoms with Crippen LogP contribution in [0.4, 0.5) is 18.9 Å². The van der Waals surface area contributed by atoms with E-state index in [-0.39, 0.29) is 5.41 Å². The van der Waals surface area contributed by atoms with Gasteiger partial charge >= 0.3 is 12.1 Å². The summed E-state index contributed by atoms with van der Waals surface area (Å²) in [5, 5.41) is 12.0. The van der Waals surface area contributed by atoms with Crippen molar-refractivity contribution < 1.29 is 23.1 Å². The number of carboxylic acids is 1. The summed E-state index contributed by atoms with van der Waals surface area (Å²) in [5.74, 6) is -1.57. The molecule has 1 fully saturated rings. The highest BCUT2D eigenvalue weighted by molar-refractivity contribution is 5.91. The van der Waals surface area contributed by atoms with Gasteiger partial charge in [0.15, 0.2) is 0 Å². The second kappa shape index (κ2) is 5.58. The van der Waals surface area contributed by atoms with Crippen LogP contribution in [0.15, 0.2) is 18.2 Å². The van der Waals surface area contributed by atoms with Crippen LogP contribution >= 0.6 is 0 Å². The van der Waals surface area contributed by atoms with E-state index in [0.29, 0.717) is 12.2 Å². The van der Waals surface area contributed by atoms with Gasteiger partial charge in [-0.1, -0.05) is 19.8 Å². The number of anilines is 1. The van der Waals surface area contributed by atoms with E-state index in [0.717, 1.165) is 37.8 Å². The van der Waals surface area contributed by atoms with Crippen molar-refractivity contribution in [3.8, 4) is 0 Å². The fourth-order valence-electron chi connectivity index (χ4n) is 2.80. The smallest absolute Gasteiger partial charge is 0.417 e. The molecule has 0 spiro atoms. The molecule has 0 aromatic heterocycles. The number of hydrogen-bond acceptors (Lipinski definition) is 2. The van der Waals surface area contributed by atoms with E-state index in [2.05, 4.69) is 12.2 Å². The third kappa shape index (κ3) is 3.68. The summed E-state index contributed by atoms with van der Waals surface area (Å²) in [6.07, 6.45) is -0.195.